The number of hydrogen-bond donors (Lipinski definition) is 0. The van der Waals surface area contributed by atoms with Gasteiger partial charge in [-0.05, 0) is 13.8 Å². The third-order valence-electron chi connectivity index (χ3n) is 1.87. The zero-order valence-electron chi connectivity index (χ0n) is 8.03. The van der Waals surface area contributed by atoms with Gasteiger partial charge in [-0.3, -0.25) is 0 Å². The van der Waals surface area contributed by atoms with E-state index in [9.17, 15) is 4.79 Å². The van der Waals surface area contributed by atoms with Crippen LogP contribution in [0.4, 0.5) is 4.79 Å². The molecule has 0 fully saturated rings. The van der Waals surface area contributed by atoms with Crippen molar-refractivity contribution in [1.82, 2.24) is 9.80 Å². The van der Waals surface area contributed by atoms with Crippen LogP contribution in [0.2, 0.25) is 0 Å². The summed E-state index contributed by atoms with van der Waals surface area (Å²) in [4.78, 5) is 14.4. The minimum absolute atomic E-state index is 0.119. The molecule has 0 spiro atoms. The molecule has 0 bridgehead atoms. The van der Waals surface area contributed by atoms with Crippen molar-refractivity contribution in [2.45, 2.75) is 19.9 Å². The molecule has 68 valence electrons. The standard InChI is InChI=1S/C8H15N3O/c1-5-10(3)8(12)11(4)7(2)6-9/h7H,5H2,1-4H3. The molecule has 0 aliphatic rings. The van der Waals surface area contributed by atoms with Crippen molar-refractivity contribution in [2.24, 2.45) is 0 Å². The minimum atomic E-state index is -0.369. The van der Waals surface area contributed by atoms with E-state index >= 15 is 0 Å². The topological polar surface area (TPSA) is 47.3 Å². The van der Waals surface area contributed by atoms with Gasteiger partial charge in [0, 0.05) is 20.6 Å². The zero-order valence-corrected chi connectivity index (χ0v) is 8.03. The molecule has 4 heteroatoms. The highest BCUT2D eigenvalue weighted by Crippen LogP contribution is 1.98. The number of carbonyl (C=O) groups is 1. The average Bonchev–Trinajstić information content (AvgIpc) is 2.12. The third kappa shape index (κ3) is 2.42. The molecule has 0 aliphatic carbocycles. The second-order valence-corrected chi connectivity index (χ2v) is 2.71. The second-order valence-electron chi connectivity index (χ2n) is 2.71. The van der Waals surface area contributed by atoms with Crippen LogP contribution in [0.25, 0.3) is 0 Å². The second kappa shape index (κ2) is 4.60. The monoisotopic (exact) mass is 169 g/mol. The molecule has 12 heavy (non-hydrogen) atoms. The lowest BCUT2D eigenvalue weighted by Crippen LogP contribution is -2.42. The molecule has 0 saturated carbocycles. The van der Waals surface area contributed by atoms with E-state index < -0.39 is 0 Å². The van der Waals surface area contributed by atoms with E-state index in [0.29, 0.717) is 6.54 Å². The summed E-state index contributed by atoms with van der Waals surface area (Å²) in [5.41, 5.74) is 0. The molecule has 1 unspecified atom stereocenters. The summed E-state index contributed by atoms with van der Waals surface area (Å²) in [6.45, 7) is 4.24. The lowest BCUT2D eigenvalue weighted by molar-refractivity contribution is 0.170. The maximum atomic E-state index is 11.4. The van der Waals surface area contributed by atoms with Crippen LogP contribution in [0.5, 0.6) is 0 Å². The molecule has 0 aromatic heterocycles. The SMILES string of the molecule is CCN(C)C(=O)N(C)C(C)C#N. The van der Waals surface area contributed by atoms with Crippen LogP contribution in [0, 0.1) is 11.3 Å². The van der Waals surface area contributed by atoms with Crippen LogP contribution >= 0.6 is 0 Å². The Hall–Kier alpha value is -1.24. The van der Waals surface area contributed by atoms with E-state index in [4.69, 9.17) is 5.26 Å². The minimum Gasteiger partial charge on any atom is -0.328 e. The Morgan fingerprint density at radius 3 is 2.42 bits per heavy atom. The van der Waals surface area contributed by atoms with Gasteiger partial charge in [-0.1, -0.05) is 0 Å². The van der Waals surface area contributed by atoms with Gasteiger partial charge in [0.25, 0.3) is 0 Å². The van der Waals surface area contributed by atoms with Gasteiger partial charge < -0.3 is 9.80 Å². The number of nitriles is 1. The highest BCUT2D eigenvalue weighted by molar-refractivity contribution is 5.74. The van der Waals surface area contributed by atoms with E-state index in [1.54, 1.807) is 25.9 Å². The van der Waals surface area contributed by atoms with Crippen LogP contribution in [-0.4, -0.2) is 42.5 Å². The van der Waals surface area contributed by atoms with Crippen molar-refractivity contribution in [3.05, 3.63) is 0 Å². The molecule has 0 radical (unpaired) electrons. The van der Waals surface area contributed by atoms with Crippen LogP contribution in [0.1, 0.15) is 13.8 Å². The van der Waals surface area contributed by atoms with Crippen molar-refractivity contribution in [3.63, 3.8) is 0 Å². The van der Waals surface area contributed by atoms with E-state index in [2.05, 4.69) is 0 Å². The molecule has 1 atom stereocenters. The summed E-state index contributed by atoms with van der Waals surface area (Å²) in [6.07, 6.45) is 0. The van der Waals surface area contributed by atoms with Gasteiger partial charge in [0.05, 0.1) is 6.07 Å². The predicted molar refractivity (Wildman–Crippen MR) is 46.5 cm³/mol. The Morgan fingerprint density at radius 1 is 1.58 bits per heavy atom. The third-order valence-corrected chi connectivity index (χ3v) is 1.87. The maximum absolute atomic E-state index is 11.4. The Kier molecular flexibility index (Phi) is 4.12. The van der Waals surface area contributed by atoms with Crippen LogP contribution in [0.15, 0.2) is 0 Å². The number of nitrogens with zero attached hydrogens (tertiary/aromatic N) is 3. The number of rotatable bonds is 2. The number of amides is 2. The molecular weight excluding hydrogens is 154 g/mol. The van der Waals surface area contributed by atoms with Gasteiger partial charge in [0.2, 0.25) is 0 Å². The highest BCUT2D eigenvalue weighted by Gasteiger charge is 2.17. The fourth-order valence-electron chi connectivity index (χ4n) is 0.657. The summed E-state index contributed by atoms with van der Waals surface area (Å²) >= 11 is 0. The molecule has 0 aromatic rings. The summed E-state index contributed by atoms with van der Waals surface area (Å²) < 4.78 is 0. The molecule has 0 rings (SSSR count). The summed E-state index contributed by atoms with van der Waals surface area (Å²) in [7, 11) is 3.34. The summed E-state index contributed by atoms with van der Waals surface area (Å²) in [5.74, 6) is 0. The first-order valence-electron chi connectivity index (χ1n) is 3.92. The first-order chi connectivity index (χ1) is 5.54. The fourth-order valence-corrected chi connectivity index (χ4v) is 0.657. The maximum Gasteiger partial charge on any atom is 0.320 e. The van der Waals surface area contributed by atoms with Gasteiger partial charge in [0.1, 0.15) is 6.04 Å². The lowest BCUT2D eigenvalue weighted by Gasteiger charge is -2.25. The van der Waals surface area contributed by atoms with Crippen molar-refractivity contribution in [2.75, 3.05) is 20.6 Å². The molecule has 4 nitrogen and oxygen atoms in total. The van der Waals surface area contributed by atoms with Gasteiger partial charge in [0.15, 0.2) is 0 Å². The van der Waals surface area contributed by atoms with Crippen LogP contribution < -0.4 is 0 Å². The first kappa shape index (κ1) is 10.8. The van der Waals surface area contributed by atoms with E-state index in [0.717, 1.165) is 0 Å². The van der Waals surface area contributed by atoms with Crippen molar-refractivity contribution >= 4 is 6.03 Å². The fraction of sp³-hybridized carbons (Fsp3) is 0.750. The predicted octanol–water partition coefficient (Wildman–Crippen LogP) is 0.902. The number of urea groups is 1. The molecule has 0 heterocycles. The normalized spacial score (nSPS) is 11.6. The van der Waals surface area contributed by atoms with Gasteiger partial charge in [-0.15, -0.1) is 0 Å². The van der Waals surface area contributed by atoms with Crippen molar-refractivity contribution in [3.8, 4) is 6.07 Å². The molecule has 0 aliphatic heterocycles. The average molecular weight is 169 g/mol. The van der Waals surface area contributed by atoms with Crippen LogP contribution in [0.3, 0.4) is 0 Å². The zero-order chi connectivity index (χ0) is 9.72. The Morgan fingerprint density at radius 2 is 2.08 bits per heavy atom. The van der Waals surface area contributed by atoms with Gasteiger partial charge >= 0.3 is 6.03 Å². The first-order valence-corrected chi connectivity index (χ1v) is 3.92. The quantitative estimate of drug-likeness (QED) is 0.616. The Labute approximate surface area is 73.4 Å². The smallest absolute Gasteiger partial charge is 0.320 e. The number of hydrogen-bond acceptors (Lipinski definition) is 2. The molecular formula is C8H15N3O. The highest BCUT2D eigenvalue weighted by atomic mass is 16.2. The molecule has 0 saturated heterocycles. The molecule has 0 N–H and O–H groups in total. The largest absolute Gasteiger partial charge is 0.328 e. The van der Waals surface area contributed by atoms with E-state index in [1.807, 2.05) is 13.0 Å². The summed E-state index contributed by atoms with van der Waals surface area (Å²) in [5, 5.41) is 8.55. The molecule has 0 aromatic carbocycles. The number of carbonyl (C=O) groups excluding carboxylic acids is 1. The molecule has 2 amide bonds. The van der Waals surface area contributed by atoms with Crippen molar-refractivity contribution in [1.29, 1.82) is 5.26 Å². The summed E-state index contributed by atoms with van der Waals surface area (Å²) in [6, 6.07) is 1.52. The van der Waals surface area contributed by atoms with Gasteiger partial charge in [-0.2, -0.15) is 5.26 Å². The van der Waals surface area contributed by atoms with E-state index in [1.165, 1.54) is 4.90 Å². The Bertz CT molecular complexity index is 197. The van der Waals surface area contributed by atoms with Gasteiger partial charge in [-0.25, -0.2) is 4.79 Å². The Balaban J connectivity index is 4.21. The van der Waals surface area contributed by atoms with Crippen molar-refractivity contribution < 1.29 is 4.79 Å². The van der Waals surface area contributed by atoms with Crippen LogP contribution in [-0.2, 0) is 0 Å². The lowest BCUT2D eigenvalue weighted by atomic mass is 10.3. The van der Waals surface area contributed by atoms with E-state index in [-0.39, 0.29) is 12.1 Å².